The molecular weight excluding hydrogens is 182 g/mol. The zero-order valence-electron chi connectivity index (χ0n) is 10.1. The molecule has 0 aromatic carbocycles. The summed E-state index contributed by atoms with van der Waals surface area (Å²) in [5.74, 6) is 0. The molecular formula is C14H21N. The second kappa shape index (κ2) is 6.39. The Bertz CT molecular complexity index is 404. The average Bonchev–Trinajstić information content (AvgIpc) is 2.29. The van der Waals surface area contributed by atoms with Gasteiger partial charge in [0.15, 0.2) is 0 Å². The minimum absolute atomic E-state index is 1.17. The van der Waals surface area contributed by atoms with Gasteiger partial charge in [0.05, 0.1) is 0 Å². The van der Waals surface area contributed by atoms with Crippen LogP contribution in [0.5, 0.6) is 0 Å². The molecule has 0 radical (unpaired) electrons. The van der Waals surface area contributed by atoms with E-state index in [1.807, 2.05) is 12.4 Å². The lowest BCUT2D eigenvalue weighted by molar-refractivity contribution is 1.000. The van der Waals surface area contributed by atoms with Crippen molar-refractivity contribution in [3.05, 3.63) is 28.9 Å². The fourth-order valence-electron chi connectivity index (χ4n) is 1.80. The molecule has 1 nitrogen and oxygen atoms in total. The first-order valence-electron chi connectivity index (χ1n) is 5.95. The molecule has 0 N–H and O–H groups in total. The number of pyridine rings is 1. The Kier molecular flexibility index (Phi) is 5.09. The lowest BCUT2D eigenvalue weighted by Gasteiger charge is -2.07. The molecule has 1 aliphatic rings. The van der Waals surface area contributed by atoms with Gasteiger partial charge in [0, 0.05) is 12.4 Å². The third-order valence-corrected chi connectivity index (χ3v) is 2.47. The first-order chi connectivity index (χ1) is 7.33. The Balaban J connectivity index is 0.000000337. The van der Waals surface area contributed by atoms with Gasteiger partial charge >= 0.3 is 0 Å². The smallest absolute Gasteiger partial charge is 0.0343 e. The van der Waals surface area contributed by atoms with Crippen molar-refractivity contribution in [2.45, 2.75) is 46.5 Å². The van der Waals surface area contributed by atoms with E-state index >= 15 is 0 Å². The lowest BCUT2D eigenvalue weighted by atomic mass is 9.99. The Morgan fingerprint density at radius 2 is 2.00 bits per heavy atom. The predicted molar refractivity (Wildman–Crippen MR) is 66.9 cm³/mol. The van der Waals surface area contributed by atoms with E-state index in [0.717, 1.165) is 0 Å². The van der Waals surface area contributed by atoms with Crippen molar-refractivity contribution >= 4 is 11.6 Å². The molecule has 0 saturated heterocycles. The van der Waals surface area contributed by atoms with Crippen molar-refractivity contribution in [3.8, 4) is 0 Å². The van der Waals surface area contributed by atoms with E-state index in [-0.39, 0.29) is 0 Å². The van der Waals surface area contributed by atoms with Gasteiger partial charge in [-0.1, -0.05) is 38.8 Å². The average molecular weight is 203 g/mol. The van der Waals surface area contributed by atoms with E-state index in [0.29, 0.717) is 0 Å². The van der Waals surface area contributed by atoms with Crippen LogP contribution in [0, 0.1) is 0 Å². The number of rotatable bonds is 1. The van der Waals surface area contributed by atoms with Gasteiger partial charge in [0.1, 0.15) is 0 Å². The normalized spacial score (nSPS) is 13.4. The third-order valence-electron chi connectivity index (χ3n) is 2.47. The Labute approximate surface area is 92.6 Å². The fraction of sp³-hybridized carbons (Fsp3) is 0.500. The maximum atomic E-state index is 4.12. The van der Waals surface area contributed by atoms with Crippen LogP contribution >= 0.6 is 0 Å². The van der Waals surface area contributed by atoms with Crippen molar-refractivity contribution in [1.29, 1.82) is 0 Å². The minimum atomic E-state index is 1.17. The Hall–Kier alpha value is -1.11. The van der Waals surface area contributed by atoms with Crippen molar-refractivity contribution < 1.29 is 0 Å². The summed E-state index contributed by atoms with van der Waals surface area (Å²) < 4.78 is 0. The molecule has 0 bridgehead atoms. The molecule has 1 aliphatic carbocycles. The Morgan fingerprint density at radius 1 is 1.27 bits per heavy atom. The van der Waals surface area contributed by atoms with Gasteiger partial charge in [-0.05, 0) is 35.8 Å². The molecule has 0 amide bonds. The van der Waals surface area contributed by atoms with Crippen LogP contribution in [0.3, 0.4) is 0 Å². The quantitative estimate of drug-likeness (QED) is 0.684. The molecule has 0 unspecified atom stereocenters. The van der Waals surface area contributed by atoms with E-state index in [2.05, 4.69) is 37.9 Å². The summed E-state index contributed by atoms with van der Waals surface area (Å²) in [5.41, 5.74) is 1.58. The predicted octanol–water partition coefficient (Wildman–Crippen LogP) is 2.63. The monoisotopic (exact) mass is 203 g/mol. The van der Waals surface area contributed by atoms with Gasteiger partial charge < -0.3 is 0 Å². The first kappa shape index (κ1) is 12.0. The molecule has 82 valence electrons. The molecule has 2 rings (SSSR count). The minimum Gasteiger partial charge on any atom is -0.264 e. The topological polar surface area (TPSA) is 12.9 Å². The Morgan fingerprint density at radius 3 is 2.67 bits per heavy atom. The molecule has 1 aromatic rings. The summed E-state index contributed by atoms with van der Waals surface area (Å²) in [7, 11) is 0. The van der Waals surface area contributed by atoms with E-state index < -0.39 is 0 Å². The third kappa shape index (κ3) is 3.19. The van der Waals surface area contributed by atoms with Crippen molar-refractivity contribution in [1.82, 2.24) is 4.98 Å². The van der Waals surface area contributed by atoms with Crippen LogP contribution in [0.4, 0.5) is 0 Å². The SMILES string of the molecule is CCC.CCC1=c2ccncc2=CCC1. The molecule has 0 atom stereocenters. The van der Waals surface area contributed by atoms with Crippen LogP contribution in [0.15, 0.2) is 18.5 Å². The van der Waals surface area contributed by atoms with Crippen LogP contribution in [0.2, 0.25) is 0 Å². The molecule has 0 saturated carbocycles. The van der Waals surface area contributed by atoms with Gasteiger partial charge in [-0.2, -0.15) is 0 Å². The van der Waals surface area contributed by atoms with Crippen LogP contribution in [0.25, 0.3) is 11.6 Å². The largest absolute Gasteiger partial charge is 0.264 e. The van der Waals surface area contributed by atoms with E-state index in [9.17, 15) is 0 Å². The van der Waals surface area contributed by atoms with Gasteiger partial charge in [-0.25, -0.2) is 0 Å². The van der Waals surface area contributed by atoms with Crippen LogP contribution in [-0.4, -0.2) is 4.98 Å². The number of nitrogens with zero attached hydrogens (tertiary/aromatic N) is 1. The van der Waals surface area contributed by atoms with E-state index in [4.69, 9.17) is 0 Å². The summed E-state index contributed by atoms with van der Waals surface area (Å²) in [6, 6.07) is 2.13. The summed E-state index contributed by atoms with van der Waals surface area (Å²) in [4.78, 5) is 4.12. The van der Waals surface area contributed by atoms with Crippen LogP contribution in [0.1, 0.15) is 46.5 Å². The van der Waals surface area contributed by atoms with Gasteiger partial charge in [-0.3, -0.25) is 4.98 Å². The molecule has 0 fully saturated rings. The van der Waals surface area contributed by atoms with Crippen LogP contribution in [-0.2, 0) is 0 Å². The fourth-order valence-corrected chi connectivity index (χ4v) is 1.80. The van der Waals surface area contributed by atoms with Crippen molar-refractivity contribution in [2.24, 2.45) is 0 Å². The van der Waals surface area contributed by atoms with Crippen LogP contribution < -0.4 is 10.4 Å². The molecule has 1 heteroatoms. The lowest BCUT2D eigenvalue weighted by Crippen LogP contribution is -2.29. The van der Waals surface area contributed by atoms with Gasteiger partial charge in [0.2, 0.25) is 0 Å². The second-order valence-electron chi connectivity index (χ2n) is 3.87. The standard InChI is InChI=1S/C11H13N.C3H8/c1-2-9-4-3-5-10-8-12-7-6-11(9)10;1-3-2/h5-8H,2-4H2,1H3;3H2,1-2H3. The first-order valence-corrected chi connectivity index (χ1v) is 5.95. The molecule has 15 heavy (non-hydrogen) atoms. The highest BCUT2D eigenvalue weighted by molar-refractivity contribution is 5.50. The highest BCUT2D eigenvalue weighted by atomic mass is 14.6. The van der Waals surface area contributed by atoms with Gasteiger partial charge in [-0.15, -0.1) is 0 Å². The summed E-state index contributed by atoms with van der Waals surface area (Å²) in [5, 5.41) is 2.74. The van der Waals surface area contributed by atoms with E-state index in [1.165, 1.54) is 36.1 Å². The molecule has 1 heterocycles. The number of hydrogen-bond donors (Lipinski definition) is 0. The van der Waals surface area contributed by atoms with Crippen molar-refractivity contribution in [2.75, 3.05) is 0 Å². The summed E-state index contributed by atoms with van der Waals surface area (Å²) in [6.07, 6.45) is 11.0. The summed E-state index contributed by atoms with van der Waals surface area (Å²) in [6.45, 7) is 6.48. The molecule has 0 aliphatic heterocycles. The van der Waals surface area contributed by atoms with Gasteiger partial charge in [0.25, 0.3) is 0 Å². The highest BCUT2D eigenvalue weighted by Gasteiger charge is 2.00. The zero-order chi connectivity index (χ0) is 11.1. The second-order valence-corrected chi connectivity index (χ2v) is 3.87. The van der Waals surface area contributed by atoms with E-state index in [1.54, 1.807) is 5.57 Å². The molecule has 0 spiro atoms. The number of hydrogen-bond acceptors (Lipinski definition) is 1. The number of fused-ring (bicyclic) bond motifs is 1. The summed E-state index contributed by atoms with van der Waals surface area (Å²) >= 11 is 0. The maximum Gasteiger partial charge on any atom is 0.0343 e. The maximum absolute atomic E-state index is 4.12. The highest BCUT2D eigenvalue weighted by Crippen LogP contribution is 2.10. The number of aromatic nitrogens is 1. The molecule has 1 aromatic heterocycles. The van der Waals surface area contributed by atoms with Crippen molar-refractivity contribution in [3.63, 3.8) is 0 Å². The zero-order valence-corrected chi connectivity index (χ0v) is 10.1.